The average Bonchev–Trinajstić information content (AvgIpc) is 3.21. The third-order valence-corrected chi connectivity index (χ3v) is 5.48. The van der Waals surface area contributed by atoms with Crippen molar-refractivity contribution in [2.45, 2.75) is 19.3 Å². The lowest BCUT2D eigenvalue weighted by Gasteiger charge is -2.27. The van der Waals surface area contributed by atoms with Gasteiger partial charge in [0.25, 0.3) is 5.91 Å². The van der Waals surface area contributed by atoms with Crippen molar-refractivity contribution in [3.8, 4) is 10.6 Å². The van der Waals surface area contributed by atoms with Crippen molar-refractivity contribution in [2.75, 3.05) is 23.3 Å². The second-order valence-corrected chi connectivity index (χ2v) is 7.43. The average molecular weight is 400 g/mol. The Kier molecular flexibility index (Phi) is 5.29. The van der Waals surface area contributed by atoms with Gasteiger partial charge in [0.15, 0.2) is 0 Å². The van der Waals surface area contributed by atoms with Crippen molar-refractivity contribution < 1.29 is 13.6 Å². The van der Waals surface area contributed by atoms with Crippen molar-refractivity contribution in [1.29, 1.82) is 0 Å². The minimum Gasteiger partial charge on any atom is -0.357 e. The molecule has 0 atom stereocenters. The molecule has 0 saturated carbocycles. The van der Waals surface area contributed by atoms with Gasteiger partial charge >= 0.3 is 0 Å². The number of hydrogen-bond donors (Lipinski definition) is 1. The summed E-state index contributed by atoms with van der Waals surface area (Å²) >= 11 is 1.31. The van der Waals surface area contributed by atoms with Crippen LogP contribution in [0.4, 0.5) is 20.3 Å². The van der Waals surface area contributed by atoms with Crippen LogP contribution in [-0.4, -0.2) is 29.0 Å². The van der Waals surface area contributed by atoms with Crippen LogP contribution < -0.4 is 10.2 Å². The minimum atomic E-state index is -0.832. The van der Waals surface area contributed by atoms with E-state index in [2.05, 4.69) is 20.2 Å². The van der Waals surface area contributed by atoms with E-state index in [1.54, 1.807) is 11.6 Å². The molecule has 1 aliphatic rings. The fourth-order valence-corrected chi connectivity index (χ4v) is 3.90. The third-order valence-electron chi connectivity index (χ3n) is 4.59. The molecule has 1 amide bonds. The van der Waals surface area contributed by atoms with Gasteiger partial charge in [0.2, 0.25) is 0 Å². The highest BCUT2D eigenvalue weighted by Crippen LogP contribution is 2.26. The molecular weight excluding hydrogens is 382 g/mol. The fourth-order valence-electron chi connectivity index (χ4n) is 3.11. The molecule has 0 spiro atoms. The highest BCUT2D eigenvalue weighted by molar-refractivity contribution is 7.13. The van der Waals surface area contributed by atoms with Crippen LogP contribution in [-0.2, 0) is 0 Å². The summed E-state index contributed by atoms with van der Waals surface area (Å²) in [5.41, 5.74) is 0.898. The fraction of sp³-hybridized carbons (Fsp3) is 0.250. The number of pyridine rings is 1. The molecule has 28 heavy (non-hydrogen) atoms. The zero-order valence-electron chi connectivity index (χ0n) is 15.0. The number of aromatic nitrogens is 2. The number of thiazole rings is 1. The smallest absolute Gasteiger partial charge is 0.275 e. The molecule has 0 aliphatic carbocycles. The monoisotopic (exact) mass is 400 g/mol. The van der Waals surface area contributed by atoms with Gasteiger partial charge in [-0.05, 0) is 43.5 Å². The number of nitrogens with one attached hydrogen (secondary N) is 1. The highest BCUT2D eigenvalue weighted by atomic mass is 32.1. The molecule has 4 rings (SSSR count). The van der Waals surface area contributed by atoms with E-state index < -0.39 is 17.5 Å². The molecule has 144 valence electrons. The number of carbonyl (C=O) groups is 1. The summed E-state index contributed by atoms with van der Waals surface area (Å²) in [4.78, 5) is 23.4. The Morgan fingerprint density at radius 3 is 2.64 bits per heavy atom. The number of halogens is 2. The number of anilines is 2. The van der Waals surface area contributed by atoms with Crippen LogP contribution in [0.3, 0.4) is 0 Å². The van der Waals surface area contributed by atoms with E-state index in [0.29, 0.717) is 5.01 Å². The van der Waals surface area contributed by atoms with Crippen LogP contribution >= 0.6 is 11.3 Å². The lowest BCUT2D eigenvalue weighted by molar-refractivity contribution is 0.102. The predicted molar refractivity (Wildman–Crippen MR) is 106 cm³/mol. The first kappa shape index (κ1) is 18.5. The van der Waals surface area contributed by atoms with Gasteiger partial charge in [-0.3, -0.25) is 4.79 Å². The van der Waals surface area contributed by atoms with Crippen LogP contribution in [0.15, 0.2) is 41.9 Å². The second kappa shape index (κ2) is 8.02. The topological polar surface area (TPSA) is 58.1 Å². The molecule has 2 aromatic heterocycles. The minimum absolute atomic E-state index is 0.0894. The van der Waals surface area contributed by atoms with Crippen LogP contribution in [0.1, 0.15) is 29.8 Å². The maximum Gasteiger partial charge on any atom is 0.275 e. The van der Waals surface area contributed by atoms with Gasteiger partial charge in [0.1, 0.15) is 28.2 Å². The number of amides is 1. The first-order valence-electron chi connectivity index (χ1n) is 9.03. The largest absolute Gasteiger partial charge is 0.357 e. The van der Waals surface area contributed by atoms with Crippen molar-refractivity contribution >= 4 is 28.7 Å². The molecule has 3 aromatic rings. The van der Waals surface area contributed by atoms with Crippen molar-refractivity contribution in [3.63, 3.8) is 0 Å². The van der Waals surface area contributed by atoms with Gasteiger partial charge < -0.3 is 10.2 Å². The summed E-state index contributed by atoms with van der Waals surface area (Å²) in [6.45, 7) is 2.04. The van der Waals surface area contributed by atoms with Crippen molar-refractivity contribution in [1.82, 2.24) is 9.97 Å². The predicted octanol–water partition coefficient (Wildman–Crippen LogP) is 4.73. The Balaban J connectivity index is 1.46. The van der Waals surface area contributed by atoms with E-state index in [0.717, 1.165) is 36.6 Å². The van der Waals surface area contributed by atoms with E-state index in [1.165, 1.54) is 36.7 Å². The summed E-state index contributed by atoms with van der Waals surface area (Å²) in [5, 5.41) is 4.67. The highest BCUT2D eigenvalue weighted by Gasteiger charge is 2.16. The van der Waals surface area contributed by atoms with Gasteiger partial charge in [-0.15, -0.1) is 11.3 Å². The van der Waals surface area contributed by atoms with Gasteiger partial charge in [-0.25, -0.2) is 18.7 Å². The lowest BCUT2D eigenvalue weighted by Crippen LogP contribution is -2.29. The van der Waals surface area contributed by atoms with Gasteiger partial charge in [0.05, 0.1) is 5.69 Å². The molecule has 1 aromatic carbocycles. The van der Waals surface area contributed by atoms with Crippen LogP contribution in [0.25, 0.3) is 10.6 Å². The Morgan fingerprint density at radius 1 is 1.11 bits per heavy atom. The Labute approximate surface area is 165 Å². The van der Waals surface area contributed by atoms with E-state index in [4.69, 9.17) is 0 Å². The van der Waals surface area contributed by atoms with E-state index in [1.807, 2.05) is 12.1 Å². The number of carbonyl (C=O) groups excluding carboxylic acids is 1. The van der Waals surface area contributed by atoms with E-state index in [-0.39, 0.29) is 11.4 Å². The molecule has 1 fully saturated rings. The SMILES string of the molecule is O=C(Nc1ccc(F)cc1F)c1csc(-c2ccc(N3CCCCC3)nc2)n1. The molecule has 0 radical (unpaired) electrons. The maximum atomic E-state index is 13.7. The summed E-state index contributed by atoms with van der Waals surface area (Å²) < 4.78 is 26.7. The maximum absolute atomic E-state index is 13.7. The quantitative estimate of drug-likeness (QED) is 0.688. The lowest BCUT2D eigenvalue weighted by atomic mass is 10.1. The number of rotatable bonds is 4. The van der Waals surface area contributed by atoms with Crippen LogP contribution in [0.5, 0.6) is 0 Å². The molecule has 5 nitrogen and oxygen atoms in total. The summed E-state index contributed by atoms with van der Waals surface area (Å²) in [5.74, 6) is -1.14. The molecule has 0 bridgehead atoms. The molecule has 0 unspecified atom stereocenters. The third kappa shape index (κ3) is 4.01. The van der Waals surface area contributed by atoms with Crippen LogP contribution in [0.2, 0.25) is 0 Å². The summed E-state index contributed by atoms with van der Waals surface area (Å²) in [6.07, 6.45) is 5.39. The zero-order chi connectivity index (χ0) is 19.5. The van der Waals surface area contributed by atoms with E-state index >= 15 is 0 Å². The summed E-state index contributed by atoms with van der Waals surface area (Å²) in [6, 6.07) is 6.89. The molecule has 1 N–H and O–H groups in total. The first-order chi connectivity index (χ1) is 13.6. The van der Waals surface area contributed by atoms with Crippen LogP contribution in [0, 0.1) is 11.6 Å². The Bertz CT molecular complexity index is 984. The normalized spacial score (nSPS) is 14.1. The Morgan fingerprint density at radius 2 is 1.93 bits per heavy atom. The summed E-state index contributed by atoms with van der Waals surface area (Å²) in [7, 11) is 0. The molecule has 1 aliphatic heterocycles. The van der Waals surface area contributed by atoms with Gasteiger partial charge in [-0.1, -0.05) is 0 Å². The van der Waals surface area contributed by atoms with Crippen molar-refractivity contribution in [2.24, 2.45) is 0 Å². The van der Waals surface area contributed by atoms with E-state index in [9.17, 15) is 13.6 Å². The first-order valence-corrected chi connectivity index (χ1v) is 9.91. The number of benzene rings is 1. The zero-order valence-corrected chi connectivity index (χ0v) is 15.8. The molecular formula is C20H18F2N4OS. The molecule has 8 heteroatoms. The number of hydrogen-bond acceptors (Lipinski definition) is 5. The number of nitrogens with zero attached hydrogens (tertiary/aromatic N) is 3. The molecule has 1 saturated heterocycles. The van der Waals surface area contributed by atoms with Gasteiger partial charge in [-0.2, -0.15) is 0 Å². The second-order valence-electron chi connectivity index (χ2n) is 6.57. The van der Waals surface area contributed by atoms with Gasteiger partial charge in [0, 0.05) is 36.3 Å². The number of piperidine rings is 1. The van der Waals surface area contributed by atoms with Crippen molar-refractivity contribution in [3.05, 3.63) is 59.2 Å². The standard InChI is InChI=1S/C20H18F2N4OS/c21-14-5-6-16(15(22)10-14)24-19(27)17-12-28-20(25-17)13-4-7-18(23-11-13)26-8-2-1-3-9-26/h4-7,10-12H,1-3,8-9H2,(H,24,27). The molecule has 3 heterocycles. The Hall–Kier alpha value is -2.87.